The van der Waals surface area contributed by atoms with Crippen molar-refractivity contribution in [2.24, 2.45) is 11.7 Å². The SMILES string of the molecule is CCC(N)C(CCO)(c1cccs1)C(C)C. The fraction of sp³-hybridized carbons (Fsp3) is 0.692. The first-order chi connectivity index (χ1) is 7.59. The summed E-state index contributed by atoms with van der Waals surface area (Å²) in [5, 5.41) is 11.4. The lowest BCUT2D eigenvalue weighted by Crippen LogP contribution is -2.49. The van der Waals surface area contributed by atoms with Gasteiger partial charge >= 0.3 is 0 Å². The zero-order chi connectivity index (χ0) is 12.2. The maximum absolute atomic E-state index is 9.34. The van der Waals surface area contributed by atoms with E-state index < -0.39 is 0 Å². The van der Waals surface area contributed by atoms with Crippen LogP contribution in [0.3, 0.4) is 0 Å². The third-order valence-corrected chi connectivity index (χ3v) is 4.70. The molecule has 3 N–H and O–H groups in total. The number of thiophene rings is 1. The molecule has 1 aromatic heterocycles. The molecular weight excluding hydrogens is 218 g/mol. The van der Waals surface area contributed by atoms with Gasteiger partial charge in [-0.2, -0.15) is 0 Å². The monoisotopic (exact) mass is 241 g/mol. The molecule has 16 heavy (non-hydrogen) atoms. The first-order valence-corrected chi connectivity index (χ1v) is 6.88. The zero-order valence-corrected chi connectivity index (χ0v) is 11.3. The van der Waals surface area contributed by atoms with Gasteiger partial charge in [-0.15, -0.1) is 11.3 Å². The van der Waals surface area contributed by atoms with Crippen LogP contribution in [0.4, 0.5) is 0 Å². The van der Waals surface area contributed by atoms with Crippen molar-refractivity contribution in [1.29, 1.82) is 0 Å². The lowest BCUT2D eigenvalue weighted by Gasteiger charge is -2.41. The van der Waals surface area contributed by atoms with Gasteiger partial charge in [-0.05, 0) is 30.2 Å². The molecule has 0 radical (unpaired) electrons. The fourth-order valence-electron chi connectivity index (χ4n) is 2.59. The van der Waals surface area contributed by atoms with Crippen molar-refractivity contribution in [2.75, 3.05) is 6.61 Å². The van der Waals surface area contributed by atoms with Gasteiger partial charge < -0.3 is 10.8 Å². The van der Waals surface area contributed by atoms with Crippen molar-refractivity contribution in [2.45, 2.75) is 45.1 Å². The quantitative estimate of drug-likeness (QED) is 0.804. The Hall–Kier alpha value is -0.380. The van der Waals surface area contributed by atoms with E-state index in [1.54, 1.807) is 11.3 Å². The molecule has 0 aromatic carbocycles. The average Bonchev–Trinajstić information content (AvgIpc) is 2.78. The van der Waals surface area contributed by atoms with Gasteiger partial charge in [0.2, 0.25) is 0 Å². The molecule has 2 nitrogen and oxygen atoms in total. The van der Waals surface area contributed by atoms with Crippen LogP contribution in [-0.2, 0) is 5.41 Å². The summed E-state index contributed by atoms with van der Waals surface area (Å²) in [6, 6.07) is 4.32. The lowest BCUT2D eigenvalue weighted by atomic mass is 9.67. The topological polar surface area (TPSA) is 46.2 Å². The van der Waals surface area contributed by atoms with Gasteiger partial charge in [-0.3, -0.25) is 0 Å². The molecule has 0 saturated heterocycles. The van der Waals surface area contributed by atoms with Crippen LogP contribution in [0.2, 0.25) is 0 Å². The van der Waals surface area contributed by atoms with E-state index in [-0.39, 0.29) is 18.1 Å². The maximum Gasteiger partial charge on any atom is 0.0440 e. The molecule has 2 unspecified atom stereocenters. The van der Waals surface area contributed by atoms with Gasteiger partial charge in [0.25, 0.3) is 0 Å². The smallest absolute Gasteiger partial charge is 0.0440 e. The lowest BCUT2D eigenvalue weighted by molar-refractivity contribution is 0.171. The van der Waals surface area contributed by atoms with Crippen molar-refractivity contribution in [1.82, 2.24) is 0 Å². The highest BCUT2D eigenvalue weighted by Gasteiger charge is 2.40. The molecule has 3 heteroatoms. The normalized spacial score (nSPS) is 17.4. The summed E-state index contributed by atoms with van der Waals surface area (Å²) in [5.74, 6) is 0.438. The van der Waals surface area contributed by atoms with E-state index in [0.29, 0.717) is 5.92 Å². The molecule has 0 aliphatic heterocycles. The van der Waals surface area contributed by atoms with Crippen molar-refractivity contribution in [3.63, 3.8) is 0 Å². The second kappa shape index (κ2) is 5.80. The van der Waals surface area contributed by atoms with E-state index in [9.17, 15) is 5.11 Å². The van der Waals surface area contributed by atoms with Crippen molar-refractivity contribution in [3.05, 3.63) is 22.4 Å². The number of aliphatic hydroxyl groups is 1. The zero-order valence-electron chi connectivity index (χ0n) is 10.4. The Bertz CT molecular complexity index is 297. The predicted octanol–water partition coefficient (Wildman–Crippen LogP) is 2.76. The molecule has 0 spiro atoms. The molecule has 1 heterocycles. The van der Waals surface area contributed by atoms with Crippen LogP contribution >= 0.6 is 11.3 Å². The van der Waals surface area contributed by atoms with E-state index in [1.807, 2.05) is 0 Å². The van der Waals surface area contributed by atoms with Crippen molar-refractivity contribution in [3.8, 4) is 0 Å². The molecule has 1 aromatic rings. The average molecular weight is 241 g/mol. The first-order valence-electron chi connectivity index (χ1n) is 6.00. The molecular formula is C13H23NOS. The largest absolute Gasteiger partial charge is 0.396 e. The van der Waals surface area contributed by atoms with E-state index in [4.69, 9.17) is 5.73 Å². The standard InChI is InChI=1S/C13H23NOS/c1-4-11(14)13(7-8-15,10(2)3)12-6-5-9-16-12/h5-6,9-11,15H,4,7-8,14H2,1-3H3. The Morgan fingerprint density at radius 1 is 1.50 bits per heavy atom. The fourth-order valence-corrected chi connectivity index (χ4v) is 3.75. The van der Waals surface area contributed by atoms with Crippen LogP contribution < -0.4 is 5.73 Å². The summed E-state index contributed by atoms with van der Waals surface area (Å²) in [7, 11) is 0. The third kappa shape index (κ3) is 2.31. The van der Waals surface area contributed by atoms with Crippen LogP contribution in [0.15, 0.2) is 17.5 Å². The summed E-state index contributed by atoms with van der Waals surface area (Å²) in [4.78, 5) is 1.31. The van der Waals surface area contributed by atoms with E-state index >= 15 is 0 Å². The van der Waals surface area contributed by atoms with E-state index in [2.05, 4.69) is 38.3 Å². The van der Waals surface area contributed by atoms with Crippen LogP contribution in [0.25, 0.3) is 0 Å². The van der Waals surface area contributed by atoms with Crippen LogP contribution in [0, 0.1) is 5.92 Å². The van der Waals surface area contributed by atoms with Gasteiger partial charge in [-0.25, -0.2) is 0 Å². The second-order valence-electron chi connectivity index (χ2n) is 4.66. The molecule has 0 fully saturated rings. The molecule has 92 valence electrons. The Morgan fingerprint density at radius 2 is 2.19 bits per heavy atom. The van der Waals surface area contributed by atoms with E-state index in [1.165, 1.54) is 4.88 Å². The molecule has 0 saturated carbocycles. The Kier molecular flexibility index (Phi) is 4.96. The summed E-state index contributed by atoms with van der Waals surface area (Å²) < 4.78 is 0. The summed E-state index contributed by atoms with van der Waals surface area (Å²) in [5.41, 5.74) is 6.25. The van der Waals surface area contributed by atoms with Crippen LogP contribution in [0.1, 0.15) is 38.5 Å². The Balaban J connectivity index is 3.16. The molecule has 1 rings (SSSR count). The minimum Gasteiger partial charge on any atom is -0.396 e. The third-order valence-electron chi connectivity index (χ3n) is 3.64. The van der Waals surface area contributed by atoms with Gasteiger partial charge in [0.15, 0.2) is 0 Å². The number of hydrogen-bond acceptors (Lipinski definition) is 3. The molecule has 0 amide bonds. The van der Waals surface area contributed by atoms with Gasteiger partial charge in [-0.1, -0.05) is 26.8 Å². The predicted molar refractivity (Wildman–Crippen MR) is 70.8 cm³/mol. The minimum absolute atomic E-state index is 0.0718. The van der Waals surface area contributed by atoms with Gasteiger partial charge in [0.1, 0.15) is 0 Å². The second-order valence-corrected chi connectivity index (χ2v) is 5.61. The molecule has 0 bridgehead atoms. The highest BCUT2D eigenvalue weighted by molar-refractivity contribution is 7.10. The van der Waals surface area contributed by atoms with Crippen LogP contribution in [0.5, 0.6) is 0 Å². The number of nitrogens with two attached hydrogens (primary N) is 1. The van der Waals surface area contributed by atoms with Crippen molar-refractivity contribution >= 4 is 11.3 Å². The first kappa shape index (κ1) is 13.7. The Morgan fingerprint density at radius 3 is 2.56 bits per heavy atom. The minimum atomic E-state index is -0.0718. The summed E-state index contributed by atoms with van der Waals surface area (Å²) in [6.07, 6.45) is 1.69. The van der Waals surface area contributed by atoms with Crippen LogP contribution in [-0.4, -0.2) is 17.8 Å². The molecule has 2 atom stereocenters. The van der Waals surface area contributed by atoms with Gasteiger partial charge in [0, 0.05) is 22.9 Å². The van der Waals surface area contributed by atoms with Crippen molar-refractivity contribution < 1.29 is 5.11 Å². The molecule has 0 aliphatic carbocycles. The summed E-state index contributed by atoms with van der Waals surface area (Å²) >= 11 is 1.75. The highest BCUT2D eigenvalue weighted by atomic mass is 32.1. The highest BCUT2D eigenvalue weighted by Crippen LogP contribution is 2.41. The summed E-state index contributed by atoms with van der Waals surface area (Å²) in [6.45, 7) is 6.71. The number of rotatable bonds is 6. The number of hydrogen-bond donors (Lipinski definition) is 2. The Labute approximate surface area is 102 Å². The number of aliphatic hydroxyl groups excluding tert-OH is 1. The van der Waals surface area contributed by atoms with E-state index in [0.717, 1.165) is 12.8 Å². The maximum atomic E-state index is 9.34. The van der Waals surface area contributed by atoms with Gasteiger partial charge in [0.05, 0.1) is 0 Å². The molecule has 0 aliphatic rings.